The summed E-state index contributed by atoms with van der Waals surface area (Å²) in [6.45, 7) is 10.4. The van der Waals surface area contributed by atoms with Crippen LogP contribution in [0.25, 0.3) is 0 Å². The van der Waals surface area contributed by atoms with E-state index >= 15 is 0 Å². The van der Waals surface area contributed by atoms with Crippen molar-refractivity contribution in [1.29, 1.82) is 0 Å². The predicted octanol–water partition coefficient (Wildman–Crippen LogP) is 4.17. The average Bonchev–Trinajstić information content (AvgIpc) is 3.15. The molecule has 0 fully saturated rings. The fourth-order valence-electron chi connectivity index (χ4n) is 3.61. The molecule has 0 radical (unpaired) electrons. The Labute approximate surface area is 180 Å². The number of aliphatic hydroxyl groups is 1. The van der Waals surface area contributed by atoms with E-state index in [1.807, 2.05) is 51.1 Å². The third-order valence-electron chi connectivity index (χ3n) is 5.08. The Morgan fingerprint density at radius 3 is 2.53 bits per heavy atom. The van der Waals surface area contributed by atoms with E-state index in [-0.39, 0.29) is 11.7 Å². The highest BCUT2D eigenvalue weighted by Gasteiger charge is 2.26. The lowest BCUT2D eigenvalue weighted by atomic mass is 10.00. The molecular formula is C25H34N2O3. The number of oxime groups is 1. The predicted molar refractivity (Wildman–Crippen MR) is 121 cm³/mol. The van der Waals surface area contributed by atoms with Gasteiger partial charge in [0.05, 0.1) is 24.0 Å². The quantitative estimate of drug-likeness (QED) is 0.674. The Morgan fingerprint density at radius 2 is 1.83 bits per heavy atom. The molecule has 0 aliphatic carbocycles. The van der Waals surface area contributed by atoms with Crippen molar-refractivity contribution in [2.75, 3.05) is 19.7 Å². The van der Waals surface area contributed by atoms with Crippen molar-refractivity contribution in [2.24, 2.45) is 5.16 Å². The monoisotopic (exact) mass is 410 g/mol. The van der Waals surface area contributed by atoms with Crippen LogP contribution in [0, 0.1) is 6.92 Å². The number of nitrogens with zero attached hydrogens (tertiary/aromatic N) is 2. The lowest BCUT2D eigenvalue weighted by molar-refractivity contribution is -0.0600. The van der Waals surface area contributed by atoms with Crippen molar-refractivity contribution in [3.8, 4) is 0 Å². The summed E-state index contributed by atoms with van der Waals surface area (Å²) in [6, 6.07) is 18.6. The summed E-state index contributed by atoms with van der Waals surface area (Å²) in [7, 11) is 0. The standard InChI is InChI=1S/C25H34N2O3/c1-19-10-8-9-13-23(19)24-14-22(30-26-24)17-27(15-20-11-6-5-7-12-20)16-21(28)18-29-25(2,3)4/h5-13,21-22,28H,14-18H2,1-4H3/t21-,22-/m0/s1. The Kier molecular flexibility index (Phi) is 7.64. The molecule has 1 heterocycles. The summed E-state index contributed by atoms with van der Waals surface area (Å²) < 4.78 is 5.77. The number of benzene rings is 2. The van der Waals surface area contributed by atoms with Crippen LogP contribution in [0.15, 0.2) is 59.8 Å². The van der Waals surface area contributed by atoms with Gasteiger partial charge in [-0.2, -0.15) is 0 Å². The summed E-state index contributed by atoms with van der Waals surface area (Å²) in [5.41, 5.74) is 4.29. The van der Waals surface area contributed by atoms with E-state index in [9.17, 15) is 5.11 Å². The van der Waals surface area contributed by atoms with Gasteiger partial charge in [-0.15, -0.1) is 0 Å². The fraction of sp³-hybridized carbons (Fsp3) is 0.480. The number of rotatable bonds is 9. The smallest absolute Gasteiger partial charge is 0.145 e. The molecule has 0 aromatic heterocycles. The van der Waals surface area contributed by atoms with Gasteiger partial charge in [0, 0.05) is 31.6 Å². The topological polar surface area (TPSA) is 54.3 Å². The van der Waals surface area contributed by atoms with Crippen molar-refractivity contribution >= 4 is 5.71 Å². The van der Waals surface area contributed by atoms with E-state index in [0.29, 0.717) is 19.7 Å². The zero-order chi connectivity index (χ0) is 21.6. The molecule has 0 unspecified atom stereocenters. The first-order chi connectivity index (χ1) is 14.3. The second kappa shape index (κ2) is 10.2. The van der Waals surface area contributed by atoms with Crippen LogP contribution in [0.2, 0.25) is 0 Å². The van der Waals surface area contributed by atoms with Crippen molar-refractivity contribution < 1.29 is 14.7 Å². The van der Waals surface area contributed by atoms with Gasteiger partial charge in [-0.1, -0.05) is 59.8 Å². The minimum absolute atomic E-state index is 0.0287. The maximum Gasteiger partial charge on any atom is 0.145 e. The van der Waals surface area contributed by atoms with Gasteiger partial charge in [0.25, 0.3) is 0 Å². The highest BCUT2D eigenvalue weighted by molar-refractivity contribution is 6.02. The first-order valence-electron chi connectivity index (χ1n) is 10.7. The number of aryl methyl sites for hydroxylation is 1. The van der Waals surface area contributed by atoms with Crippen LogP contribution in [-0.4, -0.2) is 53.2 Å². The molecule has 0 spiro atoms. The number of hydrogen-bond acceptors (Lipinski definition) is 5. The summed E-state index contributed by atoms with van der Waals surface area (Å²) in [4.78, 5) is 8.00. The van der Waals surface area contributed by atoms with Crippen molar-refractivity contribution in [2.45, 2.75) is 58.5 Å². The van der Waals surface area contributed by atoms with Gasteiger partial charge in [0.2, 0.25) is 0 Å². The molecule has 0 bridgehead atoms. The van der Waals surface area contributed by atoms with Gasteiger partial charge < -0.3 is 14.7 Å². The minimum atomic E-state index is -0.564. The molecule has 3 rings (SSSR count). The Morgan fingerprint density at radius 1 is 1.13 bits per heavy atom. The maximum atomic E-state index is 10.6. The molecule has 5 heteroatoms. The van der Waals surface area contributed by atoms with Gasteiger partial charge in [0.15, 0.2) is 0 Å². The zero-order valence-corrected chi connectivity index (χ0v) is 18.5. The molecule has 5 nitrogen and oxygen atoms in total. The highest BCUT2D eigenvalue weighted by atomic mass is 16.6. The molecule has 0 amide bonds. The van der Waals surface area contributed by atoms with Crippen molar-refractivity contribution in [3.63, 3.8) is 0 Å². The lowest BCUT2D eigenvalue weighted by Gasteiger charge is -2.28. The zero-order valence-electron chi connectivity index (χ0n) is 18.5. The van der Waals surface area contributed by atoms with Gasteiger partial charge in [-0.25, -0.2) is 0 Å². The second-order valence-corrected chi connectivity index (χ2v) is 9.04. The molecule has 2 atom stereocenters. The molecule has 30 heavy (non-hydrogen) atoms. The summed E-state index contributed by atoms with van der Waals surface area (Å²) in [5, 5.41) is 14.9. The van der Waals surface area contributed by atoms with Gasteiger partial charge in [-0.3, -0.25) is 4.90 Å². The molecule has 0 saturated carbocycles. The summed E-state index contributed by atoms with van der Waals surface area (Å²) >= 11 is 0. The first kappa shape index (κ1) is 22.5. The van der Waals surface area contributed by atoms with E-state index in [1.165, 1.54) is 11.1 Å². The molecule has 2 aromatic carbocycles. The van der Waals surface area contributed by atoms with Gasteiger partial charge in [0.1, 0.15) is 6.10 Å². The molecule has 2 aromatic rings. The van der Waals surface area contributed by atoms with Crippen LogP contribution in [0.5, 0.6) is 0 Å². The van der Waals surface area contributed by atoms with Crippen LogP contribution in [0.4, 0.5) is 0 Å². The molecule has 162 valence electrons. The average molecular weight is 411 g/mol. The number of aliphatic hydroxyl groups excluding tert-OH is 1. The first-order valence-corrected chi connectivity index (χ1v) is 10.7. The molecule has 1 aliphatic heterocycles. The van der Waals surface area contributed by atoms with Crippen LogP contribution < -0.4 is 0 Å². The fourth-order valence-corrected chi connectivity index (χ4v) is 3.61. The van der Waals surface area contributed by atoms with Gasteiger partial charge in [-0.05, 0) is 38.8 Å². The van der Waals surface area contributed by atoms with Crippen LogP contribution in [0.3, 0.4) is 0 Å². The SMILES string of the molecule is Cc1ccccc1C1=NO[C@H](CN(Cc2ccccc2)C[C@H](O)COC(C)(C)C)C1. The Hall–Kier alpha value is -2.21. The Bertz CT molecular complexity index is 830. The molecule has 1 aliphatic rings. The van der Waals surface area contributed by atoms with Crippen LogP contribution >= 0.6 is 0 Å². The van der Waals surface area contributed by atoms with Gasteiger partial charge >= 0.3 is 0 Å². The molecular weight excluding hydrogens is 376 g/mol. The summed E-state index contributed by atoms with van der Waals surface area (Å²) in [6.07, 6.45) is 0.176. The van der Waals surface area contributed by atoms with E-state index < -0.39 is 6.10 Å². The van der Waals surface area contributed by atoms with E-state index in [0.717, 1.165) is 24.2 Å². The Balaban J connectivity index is 1.62. The highest BCUT2D eigenvalue weighted by Crippen LogP contribution is 2.21. The third kappa shape index (κ3) is 6.94. The third-order valence-corrected chi connectivity index (χ3v) is 5.08. The number of hydrogen-bond donors (Lipinski definition) is 1. The van der Waals surface area contributed by atoms with Crippen LogP contribution in [-0.2, 0) is 16.1 Å². The normalized spacial score (nSPS) is 17.7. The van der Waals surface area contributed by atoms with E-state index in [2.05, 4.69) is 41.2 Å². The second-order valence-electron chi connectivity index (χ2n) is 9.04. The largest absolute Gasteiger partial charge is 0.390 e. The van der Waals surface area contributed by atoms with E-state index in [4.69, 9.17) is 9.57 Å². The molecule has 1 N–H and O–H groups in total. The minimum Gasteiger partial charge on any atom is -0.390 e. The van der Waals surface area contributed by atoms with Crippen molar-refractivity contribution in [3.05, 3.63) is 71.3 Å². The maximum absolute atomic E-state index is 10.6. The number of ether oxygens (including phenoxy) is 1. The summed E-state index contributed by atoms with van der Waals surface area (Å²) in [5.74, 6) is 0. The van der Waals surface area contributed by atoms with Crippen LogP contribution in [0.1, 0.15) is 43.9 Å². The van der Waals surface area contributed by atoms with E-state index in [1.54, 1.807) is 0 Å². The van der Waals surface area contributed by atoms with Crippen molar-refractivity contribution in [1.82, 2.24) is 4.90 Å². The molecule has 0 saturated heterocycles. The lowest BCUT2D eigenvalue weighted by Crippen LogP contribution is -2.40.